The highest BCUT2D eigenvalue weighted by Crippen LogP contribution is 2.04. The first-order chi connectivity index (χ1) is 3.34. The van der Waals surface area contributed by atoms with Gasteiger partial charge in [-0.1, -0.05) is 0 Å². The maximum atomic E-state index is 5.04. The van der Waals surface area contributed by atoms with Gasteiger partial charge in [-0.3, -0.25) is 0 Å². The Hall–Kier alpha value is 0.210. The second-order valence-electron chi connectivity index (χ2n) is 1.97. The zero-order chi connectivity index (χ0) is 5.28. The van der Waals surface area contributed by atoms with Crippen LogP contribution in [0.1, 0.15) is 6.92 Å². The number of hydrogen-bond acceptors (Lipinski definition) is 2. The molecule has 1 N–H and O–H groups in total. The first-order valence-electron chi connectivity index (χ1n) is 2.61. The number of methoxy groups -OCH3 is 1. The van der Waals surface area contributed by atoms with E-state index in [1.165, 1.54) is 0 Å². The molecule has 1 saturated heterocycles. The van der Waals surface area contributed by atoms with Gasteiger partial charge in [-0.05, 0) is 6.92 Å². The van der Waals surface area contributed by atoms with Gasteiger partial charge in [0.05, 0.1) is 6.10 Å². The topological polar surface area (TPSA) is 21.3 Å². The highest BCUT2D eigenvalue weighted by Gasteiger charge is 2.24. The SMILES string of the molecule is CO[C@@H]1CN[C@@H]1C.Cl. The molecule has 0 aromatic heterocycles. The average Bonchev–Trinajstić information content (AvgIpc) is 1.65. The van der Waals surface area contributed by atoms with Crippen molar-refractivity contribution in [2.24, 2.45) is 0 Å². The van der Waals surface area contributed by atoms with Gasteiger partial charge in [0.25, 0.3) is 0 Å². The van der Waals surface area contributed by atoms with E-state index >= 15 is 0 Å². The predicted octanol–water partition coefficient (Wildman–Crippen LogP) is 0.415. The molecule has 0 unspecified atom stereocenters. The van der Waals surface area contributed by atoms with Crippen molar-refractivity contribution in [2.45, 2.75) is 19.1 Å². The summed E-state index contributed by atoms with van der Waals surface area (Å²) in [6.07, 6.45) is 0.472. The highest BCUT2D eigenvalue weighted by molar-refractivity contribution is 5.85. The average molecular weight is 138 g/mol. The van der Waals surface area contributed by atoms with Crippen LogP contribution in [0.2, 0.25) is 0 Å². The van der Waals surface area contributed by atoms with E-state index in [0.29, 0.717) is 12.1 Å². The van der Waals surface area contributed by atoms with Gasteiger partial charge >= 0.3 is 0 Å². The minimum absolute atomic E-state index is 0. The van der Waals surface area contributed by atoms with Crippen molar-refractivity contribution in [1.82, 2.24) is 5.32 Å². The monoisotopic (exact) mass is 137 g/mol. The van der Waals surface area contributed by atoms with E-state index in [9.17, 15) is 0 Å². The Morgan fingerprint density at radius 2 is 2.25 bits per heavy atom. The Balaban J connectivity index is 0.000000490. The highest BCUT2D eigenvalue weighted by atomic mass is 35.5. The van der Waals surface area contributed by atoms with Crippen LogP contribution >= 0.6 is 12.4 Å². The minimum atomic E-state index is 0. The fraction of sp³-hybridized carbons (Fsp3) is 1.00. The Morgan fingerprint density at radius 1 is 1.62 bits per heavy atom. The van der Waals surface area contributed by atoms with Gasteiger partial charge in [-0.15, -0.1) is 12.4 Å². The van der Waals surface area contributed by atoms with Crippen molar-refractivity contribution in [2.75, 3.05) is 13.7 Å². The second kappa shape index (κ2) is 3.28. The van der Waals surface area contributed by atoms with E-state index in [2.05, 4.69) is 12.2 Å². The fourth-order valence-corrected chi connectivity index (χ4v) is 0.737. The molecule has 1 fully saturated rings. The van der Waals surface area contributed by atoms with Crippen LogP contribution in [0.25, 0.3) is 0 Å². The molecule has 0 spiro atoms. The molecule has 0 bridgehead atoms. The lowest BCUT2D eigenvalue weighted by atomic mass is 10.1. The summed E-state index contributed by atoms with van der Waals surface area (Å²) in [5.74, 6) is 0. The maximum absolute atomic E-state index is 5.04. The lowest BCUT2D eigenvalue weighted by Crippen LogP contribution is -2.56. The molecule has 0 saturated carbocycles. The molecule has 1 aliphatic rings. The third-order valence-electron chi connectivity index (χ3n) is 1.50. The van der Waals surface area contributed by atoms with Crippen LogP contribution in [0.3, 0.4) is 0 Å². The minimum Gasteiger partial charge on any atom is -0.379 e. The second-order valence-corrected chi connectivity index (χ2v) is 1.97. The molecule has 1 aliphatic heterocycles. The van der Waals surface area contributed by atoms with Crippen LogP contribution in [0.15, 0.2) is 0 Å². The van der Waals surface area contributed by atoms with Crippen molar-refractivity contribution in [1.29, 1.82) is 0 Å². The number of nitrogens with one attached hydrogen (secondary N) is 1. The van der Waals surface area contributed by atoms with E-state index in [1.54, 1.807) is 7.11 Å². The first-order valence-corrected chi connectivity index (χ1v) is 2.61. The molecule has 0 amide bonds. The van der Waals surface area contributed by atoms with Crippen molar-refractivity contribution >= 4 is 12.4 Å². The normalized spacial score (nSPS) is 35.2. The zero-order valence-corrected chi connectivity index (χ0v) is 5.99. The summed E-state index contributed by atoms with van der Waals surface area (Å²) in [7, 11) is 1.75. The molecule has 2 atom stereocenters. The van der Waals surface area contributed by atoms with Crippen LogP contribution in [0, 0.1) is 0 Å². The molecule has 8 heavy (non-hydrogen) atoms. The molecule has 3 heteroatoms. The number of ether oxygens (including phenoxy) is 1. The molecule has 0 radical (unpaired) electrons. The molecule has 1 rings (SSSR count). The van der Waals surface area contributed by atoms with E-state index in [0.717, 1.165) is 6.54 Å². The van der Waals surface area contributed by atoms with Crippen LogP contribution in [0.5, 0.6) is 0 Å². The van der Waals surface area contributed by atoms with Gasteiger partial charge in [-0.25, -0.2) is 0 Å². The molecular weight excluding hydrogens is 126 g/mol. The summed E-state index contributed by atoms with van der Waals surface area (Å²) in [6.45, 7) is 3.15. The van der Waals surface area contributed by atoms with Crippen LogP contribution in [0.4, 0.5) is 0 Å². The number of rotatable bonds is 1. The van der Waals surface area contributed by atoms with E-state index in [4.69, 9.17) is 4.74 Å². The predicted molar refractivity (Wildman–Crippen MR) is 35.5 cm³/mol. The smallest absolute Gasteiger partial charge is 0.0845 e. The van der Waals surface area contributed by atoms with Crippen LogP contribution in [-0.2, 0) is 4.74 Å². The Labute approximate surface area is 56.0 Å². The lowest BCUT2D eigenvalue weighted by molar-refractivity contribution is 0.0231. The summed E-state index contributed by atoms with van der Waals surface area (Å²) in [5.41, 5.74) is 0. The lowest BCUT2D eigenvalue weighted by Gasteiger charge is -2.33. The Bertz CT molecular complexity index is 67.4. The molecule has 1 heterocycles. The molecule has 0 aromatic rings. The number of hydrogen-bond donors (Lipinski definition) is 1. The molecular formula is C5H12ClNO. The largest absolute Gasteiger partial charge is 0.379 e. The Kier molecular flexibility index (Phi) is 3.36. The molecule has 2 nitrogen and oxygen atoms in total. The van der Waals surface area contributed by atoms with Crippen molar-refractivity contribution in [3.05, 3.63) is 0 Å². The van der Waals surface area contributed by atoms with Gasteiger partial charge in [0, 0.05) is 19.7 Å². The third-order valence-corrected chi connectivity index (χ3v) is 1.50. The van der Waals surface area contributed by atoms with Gasteiger partial charge in [0.1, 0.15) is 0 Å². The summed E-state index contributed by atoms with van der Waals surface area (Å²) in [6, 6.07) is 0.574. The van der Waals surface area contributed by atoms with Crippen LogP contribution in [-0.4, -0.2) is 25.8 Å². The summed E-state index contributed by atoms with van der Waals surface area (Å²) in [5, 5.41) is 3.18. The maximum Gasteiger partial charge on any atom is 0.0845 e. The fourth-order valence-electron chi connectivity index (χ4n) is 0.737. The standard InChI is InChI=1S/C5H11NO.ClH/c1-4-5(7-2)3-6-4;/h4-6H,3H2,1-2H3;1H/t4-,5-;/m1./s1. The summed E-state index contributed by atoms with van der Waals surface area (Å²) in [4.78, 5) is 0. The quantitative estimate of drug-likeness (QED) is 0.566. The van der Waals surface area contributed by atoms with Crippen molar-refractivity contribution in [3.63, 3.8) is 0 Å². The van der Waals surface area contributed by atoms with Crippen LogP contribution < -0.4 is 5.32 Å². The van der Waals surface area contributed by atoms with Crippen molar-refractivity contribution in [3.8, 4) is 0 Å². The van der Waals surface area contributed by atoms with E-state index < -0.39 is 0 Å². The van der Waals surface area contributed by atoms with Gasteiger partial charge < -0.3 is 10.1 Å². The first kappa shape index (κ1) is 8.21. The molecule has 50 valence electrons. The van der Waals surface area contributed by atoms with Gasteiger partial charge in [0.2, 0.25) is 0 Å². The van der Waals surface area contributed by atoms with E-state index in [1.807, 2.05) is 0 Å². The molecule has 0 aromatic carbocycles. The summed E-state index contributed by atoms with van der Waals surface area (Å²) >= 11 is 0. The number of halogens is 1. The molecule has 0 aliphatic carbocycles. The third kappa shape index (κ3) is 1.34. The van der Waals surface area contributed by atoms with Gasteiger partial charge in [0.15, 0.2) is 0 Å². The van der Waals surface area contributed by atoms with E-state index in [-0.39, 0.29) is 12.4 Å². The Morgan fingerprint density at radius 3 is 2.25 bits per heavy atom. The zero-order valence-electron chi connectivity index (χ0n) is 5.18. The summed E-state index contributed by atoms with van der Waals surface area (Å²) < 4.78 is 5.04. The van der Waals surface area contributed by atoms with Gasteiger partial charge in [-0.2, -0.15) is 0 Å². The van der Waals surface area contributed by atoms with Crippen molar-refractivity contribution < 1.29 is 4.74 Å².